The number of hydrogen-bond acceptors (Lipinski definition) is 3. The van der Waals surface area contributed by atoms with Crippen LogP contribution in [-0.4, -0.2) is 31.8 Å². The largest absolute Gasteiger partial charge is 0.480 e. The maximum absolute atomic E-state index is 11.2. The molecular formula is C9H19NO4S. The van der Waals surface area contributed by atoms with Crippen molar-refractivity contribution < 1.29 is 18.3 Å². The highest BCUT2D eigenvalue weighted by Gasteiger charge is 2.25. The molecule has 0 aliphatic rings. The summed E-state index contributed by atoms with van der Waals surface area (Å²) in [6.45, 7) is 8.10. The van der Waals surface area contributed by atoms with Gasteiger partial charge in [0.15, 0.2) is 5.75 Å². The van der Waals surface area contributed by atoms with Crippen LogP contribution in [0, 0.1) is 11.3 Å². The number of nitrogens with one attached hydrogen (secondary N) is 1. The molecule has 0 aliphatic carbocycles. The average Bonchev–Trinajstić information content (AvgIpc) is 1.98. The number of sulfonamides is 1. The Morgan fingerprint density at radius 2 is 1.87 bits per heavy atom. The Labute approximate surface area is 90.9 Å². The van der Waals surface area contributed by atoms with Crippen molar-refractivity contribution >= 4 is 16.0 Å². The van der Waals surface area contributed by atoms with Crippen LogP contribution in [0.15, 0.2) is 0 Å². The van der Waals surface area contributed by atoms with Crippen LogP contribution in [0.4, 0.5) is 0 Å². The van der Waals surface area contributed by atoms with E-state index in [1.165, 1.54) is 0 Å². The zero-order valence-electron chi connectivity index (χ0n) is 9.57. The van der Waals surface area contributed by atoms with E-state index >= 15 is 0 Å². The van der Waals surface area contributed by atoms with E-state index in [4.69, 9.17) is 5.11 Å². The third kappa shape index (κ3) is 5.74. The summed E-state index contributed by atoms with van der Waals surface area (Å²) in [5, 5.41) is 8.37. The first kappa shape index (κ1) is 14.4. The van der Waals surface area contributed by atoms with Gasteiger partial charge in [-0.05, 0) is 11.3 Å². The normalized spacial score (nSPS) is 13.1. The van der Waals surface area contributed by atoms with Crippen molar-refractivity contribution in [2.24, 2.45) is 11.3 Å². The average molecular weight is 237 g/mol. The summed E-state index contributed by atoms with van der Waals surface area (Å²) < 4.78 is 24.7. The molecule has 0 saturated heterocycles. The molecule has 0 saturated carbocycles. The molecule has 0 aromatic heterocycles. The van der Waals surface area contributed by atoms with Crippen LogP contribution < -0.4 is 4.72 Å². The number of carbonyl (C=O) groups is 1. The quantitative estimate of drug-likeness (QED) is 0.711. The molecule has 0 aromatic carbocycles. The molecule has 90 valence electrons. The van der Waals surface area contributed by atoms with E-state index < -0.39 is 21.7 Å². The molecule has 0 bridgehead atoms. The van der Waals surface area contributed by atoms with Gasteiger partial charge in [-0.15, -0.1) is 0 Å². The molecule has 0 aliphatic heterocycles. The molecule has 0 rings (SSSR count). The molecule has 2 N–H and O–H groups in total. The van der Waals surface area contributed by atoms with Gasteiger partial charge in [0.25, 0.3) is 0 Å². The van der Waals surface area contributed by atoms with Crippen LogP contribution >= 0.6 is 0 Å². The van der Waals surface area contributed by atoms with Gasteiger partial charge in [-0.1, -0.05) is 27.7 Å². The summed E-state index contributed by atoms with van der Waals surface area (Å²) >= 11 is 0. The SMILES string of the molecule is CC(C)C(C)(C)CNS(=O)(=O)CC(=O)O. The minimum atomic E-state index is -3.70. The van der Waals surface area contributed by atoms with E-state index in [1.54, 1.807) is 0 Å². The second-order valence-electron chi connectivity index (χ2n) is 4.62. The lowest BCUT2D eigenvalue weighted by molar-refractivity contribution is -0.134. The Morgan fingerprint density at radius 3 is 2.20 bits per heavy atom. The molecule has 15 heavy (non-hydrogen) atoms. The molecule has 0 fully saturated rings. The fourth-order valence-corrected chi connectivity index (χ4v) is 1.73. The van der Waals surface area contributed by atoms with Gasteiger partial charge in [-0.25, -0.2) is 13.1 Å². The molecule has 6 heteroatoms. The standard InChI is InChI=1S/C9H19NO4S/c1-7(2)9(3,4)6-10-15(13,14)5-8(11)12/h7,10H,5-6H2,1-4H3,(H,11,12). The van der Waals surface area contributed by atoms with E-state index in [-0.39, 0.29) is 12.0 Å². The molecule has 0 atom stereocenters. The van der Waals surface area contributed by atoms with Gasteiger partial charge in [-0.3, -0.25) is 4.79 Å². The fraction of sp³-hybridized carbons (Fsp3) is 0.889. The third-order valence-corrected chi connectivity index (χ3v) is 3.84. The van der Waals surface area contributed by atoms with Crippen LogP contribution in [0.2, 0.25) is 0 Å². The molecule has 5 nitrogen and oxygen atoms in total. The summed E-state index contributed by atoms with van der Waals surface area (Å²) in [6.07, 6.45) is 0. The van der Waals surface area contributed by atoms with Crippen LogP contribution in [-0.2, 0) is 14.8 Å². The Balaban J connectivity index is 4.33. The lowest BCUT2D eigenvalue weighted by atomic mass is 9.81. The summed E-state index contributed by atoms with van der Waals surface area (Å²) in [7, 11) is -3.70. The third-order valence-electron chi connectivity index (χ3n) is 2.62. The number of carboxylic acid groups (broad SMARTS) is 1. The molecule has 0 unspecified atom stereocenters. The molecule has 0 heterocycles. The van der Waals surface area contributed by atoms with E-state index in [1.807, 2.05) is 27.7 Å². The second kappa shape index (κ2) is 4.94. The van der Waals surface area contributed by atoms with Crippen molar-refractivity contribution in [3.63, 3.8) is 0 Å². The Hall–Kier alpha value is -0.620. The number of carboxylic acids is 1. The minimum Gasteiger partial charge on any atom is -0.480 e. The van der Waals surface area contributed by atoms with Crippen LogP contribution in [0.1, 0.15) is 27.7 Å². The summed E-state index contributed by atoms with van der Waals surface area (Å²) in [6, 6.07) is 0. The predicted octanol–water partition coefficient (Wildman–Crippen LogP) is 0.673. The van der Waals surface area contributed by atoms with Gasteiger partial charge in [0.05, 0.1) is 0 Å². The van der Waals surface area contributed by atoms with Gasteiger partial charge in [0, 0.05) is 6.54 Å². The first-order valence-electron chi connectivity index (χ1n) is 4.76. The zero-order chi connectivity index (χ0) is 12.3. The van der Waals surface area contributed by atoms with Crippen molar-refractivity contribution in [2.75, 3.05) is 12.3 Å². The smallest absolute Gasteiger partial charge is 0.320 e. The minimum absolute atomic E-state index is 0.189. The number of rotatable bonds is 6. The highest BCUT2D eigenvalue weighted by molar-refractivity contribution is 7.90. The lowest BCUT2D eigenvalue weighted by Gasteiger charge is -2.29. The highest BCUT2D eigenvalue weighted by Crippen LogP contribution is 2.24. The lowest BCUT2D eigenvalue weighted by Crippen LogP contribution is -2.39. The van der Waals surface area contributed by atoms with Crippen molar-refractivity contribution in [1.29, 1.82) is 0 Å². The van der Waals surface area contributed by atoms with Crippen LogP contribution in [0.5, 0.6) is 0 Å². The fourth-order valence-electron chi connectivity index (χ4n) is 0.714. The molecule has 0 spiro atoms. The van der Waals surface area contributed by atoms with Gasteiger partial charge < -0.3 is 5.11 Å². The van der Waals surface area contributed by atoms with Gasteiger partial charge in [0.2, 0.25) is 10.0 Å². The van der Waals surface area contributed by atoms with Crippen molar-refractivity contribution in [3.8, 4) is 0 Å². The summed E-state index contributed by atoms with van der Waals surface area (Å²) in [4.78, 5) is 10.3. The first-order valence-corrected chi connectivity index (χ1v) is 6.41. The molecule has 0 radical (unpaired) electrons. The summed E-state index contributed by atoms with van der Waals surface area (Å²) in [5.41, 5.74) is -0.189. The Kier molecular flexibility index (Phi) is 4.73. The monoisotopic (exact) mass is 237 g/mol. The zero-order valence-corrected chi connectivity index (χ0v) is 10.4. The van der Waals surface area contributed by atoms with Gasteiger partial charge in [-0.2, -0.15) is 0 Å². The van der Waals surface area contributed by atoms with Crippen molar-refractivity contribution in [1.82, 2.24) is 4.72 Å². The van der Waals surface area contributed by atoms with E-state index in [0.717, 1.165) is 0 Å². The maximum atomic E-state index is 11.2. The van der Waals surface area contributed by atoms with Gasteiger partial charge in [0.1, 0.15) is 0 Å². The second-order valence-corrected chi connectivity index (χ2v) is 6.42. The van der Waals surface area contributed by atoms with E-state index in [0.29, 0.717) is 5.92 Å². The van der Waals surface area contributed by atoms with Crippen molar-refractivity contribution in [2.45, 2.75) is 27.7 Å². The van der Waals surface area contributed by atoms with E-state index in [2.05, 4.69) is 4.72 Å². The number of hydrogen-bond donors (Lipinski definition) is 2. The van der Waals surface area contributed by atoms with Crippen LogP contribution in [0.3, 0.4) is 0 Å². The molecule has 0 amide bonds. The first-order chi connectivity index (χ1) is 6.57. The topological polar surface area (TPSA) is 83.5 Å². The maximum Gasteiger partial charge on any atom is 0.320 e. The highest BCUT2D eigenvalue weighted by atomic mass is 32.2. The van der Waals surface area contributed by atoms with Gasteiger partial charge >= 0.3 is 5.97 Å². The van der Waals surface area contributed by atoms with E-state index in [9.17, 15) is 13.2 Å². The summed E-state index contributed by atoms with van der Waals surface area (Å²) in [5.74, 6) is -1.91. The Bertz CT molecular complexity index is 319. The Morgan fingerprint density at radius 1 is 1.40 bits per heavy atom. The molecule has 0 aromatic rings. The van der Waals surface area contributed by atoms with Crippen LogP contribution in [0.25, 0.3) is 0 Å². The number of aliphatic carboxylic acids is 1. The van der Waals surface area contributed by atoms with Crippen molar-refractivity contribution in [3.05, 3.63) is 0 Å². The molecular weight excluding hydrogens is 218 g/mol. The predicted molar refractivity (Wildman–Crippen MR) is 58.0 cm³/mol.